The van der Waals surface area contributed by atoms with Gasteiger partial charge in [0, 0.05) is 12.4 Å². The Labute approximate surface area is 156 Å². The Kier molecular flexibility index (Phi) is 5.04. The molecule has 9 heteroatoms. The van der Waals surface area contributed by atoms with E-state index in [2.05, 4.69) is 5.32 Å². The molecule has 3 rings (SSSR count). The van der Waals surface area contributed by atoms with Crippen molar-refractivity contribution in [1.82, 2.24) is 13.9 Å². The van der Waals surface area contributed by atoms with Gasteiger partial charge in [-0.1, -0.05) is 6.07 Å². The van der Waals surface area contributed by atoms with Crippen molar-refractivity contribution in [2.24, 2.45) is 0 Å². The zero-order valence-electron chi connectivity index (χ0n) is 14.9. The fraction of sp³-hybridized carbons (Fsp3) is 0.222. The number of amides is 1. The summed E-state index contributed by atoms with van der Waals surface area (Å²) in [5.41, 5.74) is 0.953. The molecule has 1 amide bonds. The highest BCUT2D eigenvalue weighted by atomic mass is 32.2. The molecule has 142 valence electrons. The minimum absolute atomic E-state index is 0.0210. The van der Waals surface area contributed by atoms with Gasteiger partial charge in [-0.05, 0) is 49.2 Å². The summed E-state index contributed by atoms with van der Waals surface area (Å²) in [6.07, 6.45) is 3.91. The van der Waals surface area contributed by atoms with Crippen molar-refractivity contribution in [3.8, 4) is 0 Å². The first-order valence-electron chi connectivity index (χ1n) is 8.19. The van der Waals surface area contributed by atoms with Crippen molar-refractivity contribution in [3.05, 3.63) is 76.4 Å². The molecule has 0 unspecified atom stereocenters. The van der Waals surface area contributed by atoms with Crippen LogP contribution in [0.3, 0.4) is 0 Å². The van der Waals surface area contributed by atoms with Gasteiger partial charge in [0.2, 0.25) is 5.91 Å². The Morgan fingerprint density at radius 3 is 2.59 bits per heavy atom. The van der Waals surface area contributed by atoms with E-state index in [0.29, 0.717) is 9.73 Å². The Bertz CT molecular complexity index is 1120. The zero-order chi connectivity index (χ0) is 19.6. The second kappa shape index (κ2) is 7.28. The van der Waals surface area contributed by atoms with Gasteiger partial charge in [0.05, 0.1) is 17.7 Å². The van der Waals surface area contributed by atoms with Crippen LogP contribution in [0.25, 0.3) is 0 Å². The van der Waals surface area contributed by atoms with Crippen LogP contribution in [0.1, 0.15) is 16.9 Å². The largest absolute Gasteiger partial charge is 0.467 e. The van der Waals surface area contributed by atoms with Gasteiger partial charge in [0.25, 0.3) is 10.0 Å². The van der Waals surface area contributed by atoms with E-state index >= 15 is 0 Å². The number of aryl methyl sites for hydroxylation is 2. The number of hydrogen-bond donors (Lipinski definition) is 1. The highest BCUT2D eigenvalue weighted by Gasteiger charge is 2.21. The minimum atomic E-state index is -4.03. The summed E-state index contributed by atoms with van der Waals surface area (Å²) in [4.78, 5) is 24.5. The molecule has 0 atom stereocenters. The highest BCUT2D eigenvalue weighted by Crippen LogP contribution is 2.16. The Morgan fingerprint density at radius 2 is 1.93 bits per heavy atom. The number of carbonyl (C=O) groups is 1. The van der Waals surface area contributed by atoms with Crippen molar-refractivity contribution < 1.29 is 17.6 Å². The molecule has 27 heavy (non-hydrogen) atoms. The summed E-state index contributed by atoms with van der Waals surface area (Å²) in [5.74, 6) is 0.139. The Balaban J connectivity index is 1.79. The van der Waals surface area contributed by atoms with E-state index in [-0.39, 0.29) is 18.0 Å². The molecular weight excluding hydrogens is 370 g/mol. The number of nitrogens with zero attached hydrogens (tertiary/aromatic N) is 2. The van der Waals surface area contributed by atoms with E-state index in [4.69, 9.17) is 4.42 Å². The molecule has 0 bridgehead atoms. The molecule has 1 aromatic carbocycles. The van der Waals surface area contributed by atoms with Crippen molar-refractivity contribution in [3.63, 3.8) is 0 Å². The van der Waals surface area contributed by atoms with Gasteiger partial charge in [-0.2, -0.15) is 3.97 Å². The molecule has 0 saturated heterocycles. The third-order valence-corrected chi connectivity index (χ3v) is 5.85. The van der Waals surface area contributed by atoms with Gasteiger partial charge >= 0.3 is 5.69 Å². The third kappa shape index (κ3) is 3.87. The van der Waals surface area contributed by atoms with Gasteiger partial charge < -0.3 is 9.73 Å². The zero-order valence-corrected chi connectivity index (χ0v) is 15.7. The number of rotatable bonds is 6. The van der Waals surface area contributed by atoms with Gasteiger partial charge in [-0.3, -0.25) is 9.36 Å². The summed E-state index contributed by atoms with van der Waals surface area (Å²) < 4.78 is 32.3. The molecular formula is C18H19N3O5S. The Morgan fingerprint density at radius 1 is 1.15 bits per heavy atom. The fourth-order valence-corrected chi connectivity index (χ4v) is 3.81. The average Bonchev–Trinajstić information content (AvgIpc) is 3.26. The molecule has 1 N–H and O–H groups in total. The van der Waals surface area contributed by atoms with E-state index in [1.54, 1.807) is 25.1 Å². The average molecular weight is 389 g/mol. The van der Waals surface area contributed by atoms with Crippen molar-refractivity contribution in [2.75, 3.05) is 0 Å². The van der Waals surface area contributed by atoms with Gasteiger partial charge in [-0.25, -0.2) is 13.2 Å². The maximum atomic E-state index is 12.7. The first kappa shape index (κ1) is 18.7. The van der Waals surface area contributed by atoms with Gasteiger partial charge in [-0.15, -0.1) is 0 Å². The number of aromatic nitrogens is 2. The maximum Gasteiger partial charge on any atom is 0.342 e. The van der Waals surface area contributed by atoms with Crippen LogP contribution < -0.4 is 11.0 Å². The number of nitrogens with one attached hydrogen (secondary N) is 1. The van der Waals surface area contributed by atoms with Crippen molar-refractivity contribution in [1.29, 1.82) is 0 Å². The molecule has 0 aliphatic carbocycles. The van der Waals surface area contributed by atoms with Crippen LogP contribution in [0.15, 0.2) is 63.1 Å². The summed E-state index contributed by atoms with van der Waals surface area (Å²) in [6, 6.07) is 8.07. The van der Waals surface area contributed by atoms with E-state index < -0.39 is 21.6 Å². The van der Waals surface area contributed by atoms with Crippen molar-refractivity contribution >= 4 is 15.9 Å². The Hall–Kier alpha value is -3.07. The SMILES string of the molecule is Cc1ccc(S(=O)(=O)n2ccn(CC(=O)NCc3ccco3)c2=O)cc1C. The smallest absolute Gasteiger partial charge is 0.342 e. The van der Waals surface area contributed by atoms with Crippen LogP contribution >= 0.6 is 0 Å². The molecule has 8 nitrogen and oxygen atoms in total. The van der Waals surface area contributed by atoms with Crippen LogP contribution in [0.2, 0.25) is 0 Å². The minimum Gasteiger partial charge on any atom is -0.467 e. The van der Waals surface area contributed by atoms with Crippen LogP contribution in [0, 0.1) is 13.8 Å². The number of hydrogen-bond acceptors (Lipinski definition) is 5. The molecule has 0 radical (unpaired) electrons. The van der Waals surface area contributed by atoms with E-state index in [1.807, 2.05) is 6.92 Å². The molecule has 0 aliphatic rings. The van der Waals surface area contributed by atoms with Gasteiger partial charge in [0.1, 0.15) is 12.3 Å². The molecule has 3 aromatic rings. The van der Waals surface area contributed by atoms with Crippen molar-refractivity contribution in [2.45, 2.75) is 31.8 Å². The molecule has 2 aromatic heterocycles. The standard InChI is InChI=1S/C18H19N3O5S/c1-13-5-6-16(10-14(13)2)27(24,25)21-8-7-20(18(21)23)12-17(22)19-11-15-4-3-9-26-15/h3-10H,11-12H2,1-2H3,(H,19,22). The van der Waals surface area contributed by atoms with Crippen LogP contribution in [0.5, 0.6) is 0 Å². The molecule has 0 saturated carbocycles. The lowest BCUT2D eigenvalue weighted by atomic mass is 10.1. The van der Waals surface area contributed by atoms with Crippen LogP contribution in [-0.2, 0) is 27.9 Å². The summed E-state index contributed by atoms with van der Waals surface area (Å²) >= 11 is 0. The molecule has 0 spiro atoms. The maximum absolute atomic E-state index is 12.7. The van der Waals surface area contributed by atoms with Crippen LogP contribution in [-0.4, -0.2) is 22.9 Å². The number of furan rings is 1. The summed E-state index contributed by atoms with van der Waals surface area (Å²) in [6.45, 7) is 3.55. The quantitative estimate of drug-likeness (QED) is 0.687. The lowest BCUT2D eigenvalue weighted by Gasteiger charge is -2.07. The number of imidazole rings is 1. The van der Waals surface area contributed by atoms with Crippen LogP contribution in [0.4, 0.5) is 0 Å². The lowest BCUT2D eigenvalue weighted by Crippen LogP contribution is -2.34. The van der Waals surface area contributed by atoms with E-state index in [1.165, 1.54) is 24.6 Å². The predicted octanol–water partition coefficient (Wildman–Crippen LogP) is 1.41. The molecule has 0 fully saturated rings. The van der Waals surface area contributed by atoms with E-state index in [0.717, 1.165) is 21.9 Å². The van der Waals surface area contributed by atoms with Gasteiger partial charge in [0.15, 0.2) is 0 Å². The molecule has 2 heterocycles. The summed E-state index contributed by atoms with van der Waals surface area (Å²) in [5, 5.41) is 2.60. The first-order valence-corrected chi connectivity index (χ1v) is 9.63. The normalized spacial score (nSPS) is 11.5. The fourth-order valence-electron chi connectivity index (χ4n) is 2.50. The number of benzene rings is 1. The first-order chi connectivity index (χ1) is 12.8. The third-order valence-electron chi connectivity index (χ3n) is 4.21. The van der Waals surface area contributed by atoms with E-state index in [9.17, 15) is 18.0 Å². The number of carbonyl (C=O) groups excluding carboxylic acids is 1. The topological polar surface area (TPSA) is 103 Å². The molecule has 0 aliphatic heterocycles. The monoisotopic (exact) mass is 389 g/mol. The second-order valence-corrected chi connectivity index (χ2v) is 7.93. The predicted molar refractivity (Wildman–Crippen MR) is 97.7 cm³/mol. The lowest BCUT2D eigenvalue weighted by molar-refractivity contribution is -0.121. The summed E-state index contributed by atoms with van der Waals surface area (Å²) in [7, 11) is -4.03. The second-order valence-electron chi connectivity index (χ2n) is 6.11. The highest BCUT2D eigenvalue weighted by molar-refractivity contribution is 7.90.